The van der Waals surface area contributed by atoms with Crippen LogP contribution in [-0.2, 0) is 14.8 Å². The first-order chi connectivity index (χ1) is 12.5. The normalized spacial score (nSPS) is 10.9. The maximum absolute atomic E-state index is 12.2. The Morgan fingerprint density at radius 2 is 1.81 bits per heavy atom. The van der Waals surface area contributed by atoms with Crippen LogP contribution in [0.5, 0.6) is 5.75 Å². The molecule has 1 amide bonds. The number of hydrogen-bond donors (Lipinski definition) is 2. The molecule has 0 atom stereocenters. The number of thiazole rings is 1. The summed E-state index contributed by atoms with van der Waals surface area (Å²) in [7, 11) is -3.71. The highest BCUT2D eigenvalue weighted by atomic mass is 32.2. The lowest BCUT2D eigenvalue weighted by molar-refractivity contribution is -0.118. The van der Waals surface area contributed by atoms with E-state index in [0.29, 0.717) is 16.6 Å². The molecule has 26 heavy (non-hydrogen) atoms. The van der Waals surface area contributed by atoms with Crippen LogP contribution in [-0.4, -0.2) is 25.9 Å². The zero-order valence-corrected chi connectivity index (χ0v) is 15.1. The number of carbonyl (C=O) groups excluding carboxylic acids is 1. The van der Waals surface area contributed by atoms with Gasteiger partial charge >= 0.3 is 0 Å². The van der Waals surface area contributed by atoms with E-state index in [1.165, 1.54) is 41.8 Å². The number of aromatic nitrogens is 1. The van der Waals surface area contributed by atoms with Crippen LogP contribution in [0.4, 0.5) is 10.8 Å². The molecule has 1 aromatic heterocycles. The van der Waals surface area contributed by atoms with Crippen molar-refractivity contribution in [3.05, 3.63) is 66.2 Å². The van der Waals surface area contributed by atoms with E-state index in [1.54, 1.807) is 17.5 Å². The third-order valence-corrected chi connectivity index (χ3v) is 5.39. The van der Waals surface area contributed by atoms with Crippen LogP contribution in [0.25, 0.3) is 0 Å². The van der Waals surface area contributed by atoms with Gasteiger partial charge in [0.15, 0.2) is 11.7 Å². The number of nitrogens with one attached hydrogen (secondary N) is 2. The molecule has 0 aliphatic heterocycles. The average molecular weight is 389 g/mol. The van der Waals surface area contributed by atoms with Gasteiger partial charge in [0.1, 0.15) is 5.75 Å². The summed E-state index contributed by atoms with van der Waals surface area (Å²) >= 11 is 1.19. The van der Waals surface area contributed by atoms with E-state index in [4.69, 9.17) is 4.74 Å². The second-order valence-electron chi connectivity index (χ2n) is 5.12. The first-order valence-corrected chi connectivity index (χ1v) is 9.89. The lowest BCUT2D eigenvalue weighted by Crippen LogP contribution is -2.20. The van der Waals surface area contributed by atoms with Crippen LogP contribution >= 0.6 is 11.3 Å². The van der Waals surface area contributed by atoms with Crippen molar-refractivity contribution in [3.8, 4) is 5.75 Å². The number of anilines is 2. The third kappa shape index (κ3) is 4.80. The molecule has 0 saturated heterocycles. The molecule has 0 aliphatic rings. The highest BCUT2D eigenvalue weighted by Gasteiger charge is 2.15. The summed E-state index contributed by atoms with van der Waals surface area (Å²) in [4.78, 5) is 15.9. The van der Waals surface area contributed by atoms with Crippen molar-refractivity contribution in [1.82, 2.24) is 4.98 Å². The number of nitrogens with zero attached hydrogens (tertiary/aromatic N) is 1. The standard InChI is InChI=1S/C17H15N3O4S2/c21-16(12-24-14-4-2-1-3-5-14)19-13-6-8-15(9-7-13)26(22,23)20-17-18-10-11-25-17/h1-11H,12H2,(H,18,20)(H,19,21). The molecule has 2 aromatic carbocycles. The number of para-hydroxylation sites is 1. The predicted molar refractivity (Wildman–Crippen MR) is 99.9 cm³/mol. The summed E-state index contributed by atoms with van der Waals surface area (Å²) in [6, 6.07) is 14.8. The number of carbonyl (C=O) groups is 1. The molecule has 3 aromatic rings. The number of hydrogen-bond acceptors (Lipinski definition) is 6. The molecule has 0 aliphatic carbocycles. The molecule has 0 bridgehead atoms. The van der Waals surface area contributed by atoms with Crippen molar-refractivity contribution < 1.29 is 17.9 Å². The summed E-state index contributed by atoms with van der Waals surface area (Å²) in [5.41, 5.74) is 0.472. The molecule has 9 heteroatoms. The second-order valence-corrected chi connectivity index (χ2v) is 7.69. The van der Waals surface area contributed by atoms with E-state index in [1.807, 2.05) is 18.2 Å². The zero-order valence-electron chi connectivity index (χ0n) is 13.5. The van der Waals surface area contributed by atoms with Crippen molar-refractivity contribution in [2.75, 3.05) is 16.6 Å². The monoisotopic (exact) mass is 389 g/mol. The molecule has 134 valence electrons. The fraction of sp³-hybridized carbons (Fsp3) is 0.0588. The van der Waals surface area contributed by atoms with Crippen molar-refractivity contribution in [3.63, 3.8) is 0 Å². The average Bonchev–Trinajstić information content (AvgIpc) is 3.14. The van der Waals surface area contributed by atoms with E-state index >= 15 is 0 Å². The maximum Gasteiger partial charge on any atom is 0.263 e. The summed E-state index contributed by atoms with van der Waals surface area (Å²) in [5, 5.41) is 4.61. The Labute approximate surface area is 154 Å². The smallest absolute Gasteiger partial charge is 0.263 e. The second kappa shape index (κ2) is 7.98. The van der Waals surface area contributed by atoms with Crippen LogP contribution in [0.15, 0.2) is 71.1 Å². The van der Waals surface area contributed by atoms with Crippen molar-refractivity contribution in [2.45, 2.75) is 4.90 Å². The highest BCUT2D eigenvalue weighted by Crippen LogP contribution is 2.19. The Balaban J connectivity index is 1.58. The van der Waals surface area contributed by atoms with Gasteiger partial charge in [0.2, 0.25) is 0 Å². The van der Waals surface area contributed by atoms with Crippen LogP contribution in [0.3, 0.4) is 0 Å². The Morgan fingerprint density at radius 3 is 2.46 bits per heavy atom. The van der Waals surface area contributed by atoms with Gasteiger partial charge in [-0.15, -0.1) is 11.3 Å². The minimum Gasteiger partial charge on any atom is -0.484 e. The lowest BCUT2D eigenvalue weighted by Gasteiger charge is -2.09. The number of sulfonamides is 1. The van der Waals surface area contributed by atoms with Gasteiger partial charge in [0.25, 0.3) is 15.9 Å². The molecule has 7 nitrogen and oxygen atoms in total. The summed E-state index contributed by atoms with van der Waals surface area (Å²) in [6.45, 7) is -0.143. The summed E-state index contributed by atoms with van der Waals surface area (Å²) in [5.74, 6) is 0.253. The lowest BCUT2D eigenvalue weighted by atomic mass is 10.3. The van der Waals surface area contributed by atoms with E-state index in [0.717, 1.165) is 0 Å². The highest BCUT2D eigenvalue weighted by molar-refractivity contribution is 7.93. The van der Waals surface area contributed by atoms with Crippen molar-refractivity contribution >= 4 is 38.1 Å². The van der Waals surface area contributed by atoms with Gasteiger partial charge in [-0.1, -0.05) is 18.2 Å². The largest absolute Gasteiger partial charge is 0.484 e. The predicted octanol–water partition coefficient (Wildman–Crippen LogP) is 2.96. The fourth-order valence-corrected chi connectivity index (χ4v) is 3.82. The van der Waals surface area contributed by atoms with Crippen molar-refractivity contribution in [2.24, 2.45) is 0 Å². The summed E-state index contributed by atoms with van der Waals surface area (Å²) in [6.07, 6.45) is 1.51. The molecule has 0 saturated carbocycles. The molecule has 3 rings (SSSR count). The third-order valence-electron chi connectivity index (χ3n) is 3.22. The van der Waals surface area contributed by atoms with Gasteiger partial charge in [-0.05, 0) is 36.4 Å². The van der Waals surface area contributed by atoms with Crippen LogP contribution in [0, 0.1) is 0 Å². The maximum atomic E-state index is 12.2. The Kier molecular flexibility index (Phi) is 5.49. The van der Waals surface area contributed by atoms with Crippen LogP contribution in [0.2, 0.25) is 0 Å². The molecule has 2 N–H and O–H groups in total. The number of amides is 1. The minimum atomic E-state index is -3.71. The topological polar surface area (TPSA) is 97.4 Å². The van der Waals surface area contributed by atoms with E-state index < -0.39 is 10.0 Å². The number of ether oxygens (including phenoxy) is 1. The van der Waals surface area contributed by atoms with E-state index in [2.05, 4.69) is 15.0 Å². The molecule has 0 spiro atoms. The Bertz CT molecular complexity index is 957. The molecular weight excluding hydrogens is 374 g/mol. The van der Waals surface area contributed by atoms with Gasteiger partial charge in [0, 0.05) is 17.3 Å². The quantitative estimate of drug-likeness (QED) is 0.647. The van der Waals surface area contributed by atoms with Gasteiger partial charge < -0.3 is 10.1 Å². The van der Waals surface area contributed by atoms with Gasteiger partial charge in [-0.2, -0.15) is 0 Å². The fourth-order valence-electron chi connectivity index (χ4n) is 2.03. The number of benzene rings is 2. The molecule has 0 radical (unpaired) electrons. The van der Waals surface area contributed by atoms with E-state index in [9.17, 15) is 13.2 Å². The van der Waals surface area contributed by atoms with Gasteiger partial charge in [0.05, 0.1) is 4.90 Å². The molecule has 0 unspecified atom stereocenters. The molecule has 1 heterocycles. The zero-order chi connectivity index (χ0) is 18.4. The minimum absolute atomic E-state index is 0.0752. The first kappa shape index (κ1) is 17.9. The number of rotatable bonds is 7. The van der Waals surface area contributed by atoms with Crippen LogP contribution < -0.4 is 14.8 Å². The first-order valence-electron chi connectivity index (χ1n) is 7.53. The Morgan fingerprint density at radius 1 is 1.08 bits per heavy atom. The molecular formula is C17H15N3O4S2. The van der Waals surface area contributed by atoms with Crippen molar-refractivity contribution in [1.29, 1.82) is 0 Å². The van der Waals surface area contributed by atoms with Gasteiger partial charge in [-0.3, -0.25) is 9.52 Å². The Hall–Kier alpha value is -2.91. The molecule has 0 fully saturated rings. The SMILES string of the molecule is O=C(COc1ccccc1)Nc1ccc(S(=O)(=O)Nc2nccs2)cc1. The summed E-state index contributed by atoms with van der Waals surface area (Å²) < 4.78 is 32.2. The van der Waals surface area contributed by atoms with Crippen LogP contribution in [0.1, 0.15) is 0 Å². The van der Waals surface area contributed by atoms with Gasteiger partial charge in [-0.25, -0.2) is 13.4 Å². The van der Waals surface area contributed by atoms with E-state index in [-0.39, 0.29) is 17.4 Å².